The molecule has 2 aromatic heterocycles. The number of H-pyrrole nitrogens is 2. The van der Waals surface area contributed by atoms with Gasteiger partial charge in [0.15, 0.2) is 5.78 Å². The number of halogens is 3. The van der Waals surface area contributed by atoms with Crippen molar-refractivity contribution in [3.63, 3.8) is 0 Å². The van der Waals surface area contributed by atoms with Crippen molar-refractivity contribution >= 4 is 34.3 Å². The van der Waals surface area contributed by atoms with E-state index >= 15 is 0 Å². The van der Waals surface area contributed by atoms with Crippen molar-refractivity contribution in [2.24, 2.45) is 0 Å². The highest BCUT2D eigenvalue weighted by Crippen LogP contribution is 2.30. The lowest BCUT2D eigenvalue weighted by molar-refractivity contribution is 0.0530. The molecule has 0 unspecified atom stereocenters. The summed E-state index contributed by atoms with van der Waals surface area (Å²) in [5.41, 5.74) is -2.34. The van der Waals surface area contributed by atoms with Crippen LogP contribution in [0.25, 0.3) is 11.0 Å². The van der Waals surface area contributed by atoms with Gasteiger partial charge in [0.2, 0.25) is 5.91 Å². The van der Waals surface area contributed by atoms with Gasteiger partial charge in [-0.15, -0.1) is 0 Å². The first kappa shape index (κ1) is 28.9. The van der Waals surface area contributed by atoms with E-state index in [1.165, 1.54) is 38.2 Å². The van der Waals surface area contributed by atoms with Gasteiger partial charge in [0.25, 0.3) is 5.56 Å². The second-order valence-electron chi connectivity index (χ2n) is 9.75. The van der Waals surface area contributed by atoms with Crippen LogP contribution >= 0.6 is 11.6 Å². The molecule has 0 saturated heterocycles. The number of nitrogens with zero attached hydrogens (tertiary/aromatic N) is 1. The molecule has 210 valence electrons. The summed E-state index contributed by atoms with van der Waals surface area (Å²) in [6.45, 7) is 1.52. The van der Waals surface area contributed by atoms with Crippen LogP contribution in [-0.4, -0.2) is 48.6 Å². The molecule has 0 amide bonds. The first-order chi connectivity index (χ1) is 18.8. The Kier molecular flexibility index (Phi) is 8.05. The van der Waals surface area contributed by atoms with Gasteiger partial charge in [0.1, 0.15) is 35.6 Å². The minimum Gasteiger partial charge on any atom is -0.487 e. The molecule has 0 fully saturated rings. The van der Waals surface area contributed by atoms with Crippen molar-refractivity contribution in [3.8, 4) is 5.75 Å². The number of benzene rings is 2. The third-order valence-electron chi connectivity index (χ3n) is 5.98. The number of rotatable bonds is 9. The van der Waals surface area contributed by atoms with Gasteiger partial charge in [0, 0.05) is 35.4 Å². The molecule has 2 heterocycles. The lowest BCUT2D eigenvalue weighted by Gasteiger charge is -2.16. The number of carbonyl (C=O) groups excluding carboxylic acids is 2. The van der Waals surface area contributed by atoms with E-state index < -0.39 is 59.8 Å². The summed E-state index contributed by atoms with van der Waals surface area (Å²) in [5, 5.41) is 19.3. The van der Waals surface area contributed by atoms with Crippen LogP contribution in [-0.2, 0) is 13.0 Å². The third kappa shape index (κ3) is 6.03. The van der Waals surface area contributed by atoms with Crippen LogP contribution in [0.1, 0.15) is 52.1 Å². The third-order valence-corrected chi connectivity index (χ3v) is 6.32. The van der Waals surface area contributed by atoms with Crippen LogP contribution in [0.2, 0.25) is 5.02 Å². The molecule has 0 bridgehead atoms. The van der Waals surface area contributed by atoms with Crippen molar-refractivity contribution in [1.82, 2.24) is 14.5 Å². The van der Waals surface area contributed by atoms with Gasteiger partial charge < -0.3 is 24.9 Å². The second-order valence-corrected chi connectivity index (χ2v) is 10.1. The number of fused-ring (bicyclic) bond motifs is 1. The summed E-state index contributed by atoms with van der Waals surface area (Å²) in [5.74, 6) is -3.21. The first-order valence-electron chi connectivity index (χ1n) is 11.9. The van der Waals surface area contributed by atoms with Crippen LogP contribution < -0.4 is 16.0 Å². The fourth-order valence-corrected chi connectivity index (χ4v) is 4.42. The molecule has 0 aliphatic heterocycles. The zero-order valence-corrected chi connectivity index (χ0v) is 22.1. The quantitative estimate of drug-likeness (QED) is 0.224. The molecule has 4 rings (SSSR count). The molecular weight excluding hydrogens is 552 g/mol. The zero-order chi connectivity index (χ0) is 29.4. The van der Waals surface area contributed by atoms with Crippen molar-refractivity contribution in [2.45, 2.75) is 38.9 Å². The number of hydrogen-bond donors (Lipinski definition) is 4. The molecule has 10 nitrogen and oxygen atoms in total. The average molecular weight is 576 g/mol. The van der Waals surface area contributed by atoms with E-state index in [1.807, 2.05) is 0 Å². The SMILES string of the molecule is CC(C)(O)CC(=O)n1c(=O)[nH]c2c(C(=O)CO)cc(Cc3c[nH]c(=O)c(Cl)c3OCc3ccc(F)cc3F)cc21. The van der Waals surface area contributed by atoms with Crippen LogP contribution in [0.15, 0.2) is 46.1 Å². The maximum atomic E-state index is 14.1. The number of carbonyl (C=O) groups is 2. The number of ether oxygens (including phenoxy) is 1. The number of hydrogen-bond acceptors (Lipinski definition) is 7. The monoisotopic (exact) mass is 575 g/mol. The number of aliphatic hydroxyl groups is 2. The van der Waals surface area contributed by atoms with E-state index in [4.69, 9.17) is 16.3 Å². The average Bonchev–Trinajstić information content (AvgIpc) is 3.20. The molecule has 13 heteroatoms. The normalized spacial score (nSPS) is 11.7. The number of pyridine rings is 1. The Balaban J connectivity index is 1.80. The number of nitrogens with one attached hydrogen (secondary N) is 2. The molecule has 0 aliphatic rings. The summed E-state index contributed by atoms with van der Waals surface area (Å²) >= 11 is 6.20. The van der Waals surface area contributed by atoms with Crippen molar-refractivity contribution in [1.29, 1.82) is 0 Å². The highest BCUT2D eigenvalue weighted by molar-refractivity contribution is 6.32. The van der Waals surface area contributed by atoms with Gasteiger partial charge in [-0.3, -0.25) is 14.4 Å². The number of aliphatic hydroxyl groups excluding tert-OH is 1. The Morgan fingerprint density at radius 1 is 1.12 bits per heavy atom. The number of aromatic nitrogens is 3. The minimum atomic E-state index is -1.43. The molecule has 0 radical (unpaired) electrons. The predicted octanol–water partition coefficient (Wildman–Crippen LogP) is 3.10. The summed E-state index contributed by atoms with van der Waals surface area (Å²) in [6, 6.07) is 5.76. The minimum absolute atomic E-state index is 0.00241. The lowest BCUT2D eigenvalue weighted by atomic mass is 9.99. The standard InChI is InChI=1S/C27H24ClF2N3O7/c1-27(2,39)9-21(36)33-19-7-13(6-17(20(35)11-34)23(19)32-26(33)38)5-15-10-31-25(37)22(28)24(15)40-12-14-3-4-16(29)8-18(14)30/h3-4,6-8,10,34,39H,5,9,11-12H2,1-2H3,(H,31,37)(H,32,38). The van der Waals surface area contributed by atoms with Gasteiger partial charge in [-0.05, 0) is 43.7 Å². The Morgan fingerprint density at radius 3 is 2.50 bits per heavy atom. The molecule has 0 saturated carbocycles. The second kappa shape index (κ2) is 11.2. The first-order valence-corrected chi connectivity index (χ1v) is 12.3. The molecular formula is C27H24ClF2N3O7. The van der Waals surface area contributed by atoms with Gasteiger partial charge in [-0.25, -0.2) is 18.1 Å². The molecule has 40 heavy (non-hydrogen) atoms. The molecule has 0 spiro atoms. The van der Waals surface area contributed by atoms with Crippen molar-refractivity contribution in [3.05, 3.63) is 96.3 Å². The smallest absolute Gasteiger partial charge is 0.333 e. The van der Waals surface area contributed by atoms with E-state index in [0.29, 0.717) is 17.2 Å². The van der Waals surface area contributed by atoms with E-state index in [0.717, 1.165) is 10.6 Å². The maximum Gasteiger partial charge on any atom is 0.333 e. The molecule has 2 aromatic carbocycles. The van der Waals surface area contributed by atoms with Gasteiger partial charge in [-0.2, -0.15) is 0 Å². The number of Topliss-reactive ketones (excluding diaryl/α,β-unsaturated/α-hetero) is 1. The maximum absolute atomic E-state index is 14.1. The van der Waals surface area contributed by atoms with Crippen molar-refractivity contribution in [2.75, 3.05) is 6.61 Å². The highest BCUT2D eigenvalue weighted by Gasteiger charge is 2.25. The molecule has 4 aromatic rings. The summed E-state index contributed by atoms with van der Waals surface area (Å²) < 4.78 is 33.9. The topological polar surface area (TPSA) is 154 Å². The molecule has 4 N–H and O–H groups in total. The van der Waals surface area contributed by atoms with Crippen LogP contribution in [0.3, 0.4) is 0 Å². The summed E-state index contributed by atoms with van der Waals surface area (Å²) in [4.78, 5) is 55.3. The Bertz CT molecular complexity index is 1750. The van der Waals surface area contributed by atoms with Crippen LogP contribution in [0.4, 0.5) is 8.78 Å². The molecule has 0 aliphatic carbocycles. The fourth-order valence-electron chi connectivity index (χ4n) is 4.19. The van der Waals surface area contributed by atoms with Gasteiger partial charge in [0.05, 0.1) is 23.1 Å². The number of imidazole rings is 1. The van der Waals surface area contributed by atoms with Gasteiger partial charge >= 0.3 is 5.69 Å². The zero-order valence-electron chi connectivity index (χ0n) is 21.3. The Hall–Kier alpha value is -4.13. The number of ketones is 1. The largest absolute Gasteiger partial charge is 0.487 e. The molecule has 0 atom stereocenters. The fraction of sp³-hybridized carbons (Fsp3) is 0.259. The van der Waals surface area contributed by atoms with Gasteiger partial charge in [-0.1, -0.05) is 11.6 Å². The van der Waals surface area contributed by atoms with E-state index in [9.17, 15) is 38.2 Å². The van der Waals surface area contributed by atoms with Crippen LogP contribution in [0.5, 0.6) is 5.75 Å². The van der Waals surface area contributed by atoms with E-state index in [2.05, 4.69) is 9.97 Å². The highest BCUT2D eigenvalue weighted by atomic mass is 35.5. The van der Waals surface area contributed by atoms with Crippen LogP contribution in [0, 0.1) is 11.6 Å². The lowest BCUT2D eigenvalue weighted by Crippen LogP contribution is -2.31. The summed E-state index contributed by atoms with van der Waals surface area (Å²) in [6.07, 6.45) is 0.838. The van der Waals surface area contributed by atoms with E-state index in [1.54, 1.807) is 0 Å². The summed E-state index contributed by atoms with van der Waals surface area (Å²) in [7, 11) is 0. The Morgan fingerprint density at radius 2 is 1.85 bits per heavy atom. The predicted molar refractivity (Wildman–Crippen MR) is 141 cm³/mol. The Labute approximate surface area is 229 Å². The van der Waals surface area contributed by atoms with E-state index in [-0.39, 0.29) is 39.4 Å². The van der Waals surface area contributed by atoms with Crippen molar-refractivity contribution < 1.29 is 33.3 Å². The number of aromatic amines is 2.